The molecule has 0 aliphatic carbocycles. The number of piperidine rings is 1. The Bertz CT molecular complexity index is 276. The predicted octanol–water partition coefficient (Wildman–Crippen LogP) is 0.914. The lowest BCUT2D eigenvalue weighted by Crippen LogP contribution is -2.50. The summed E-state index contributed by atoms with van der Waals surface area (Å²) in [5, 5.41) is 0. The van der Waals surface area contributed by atoms with E-state index in [0.29, 0.717) is 26.1 Å². The van der Waals surface area contributed by atoms with E-state index in [9.17, 15) is 18.0 Å². The topological polar surface area (TPSA) is 38.8 Å². The quantitative estimate of drug-likeness (QED) is 0.629. The van der Waals surface area contributed by atoms with Gasteiger partial charge < -0.3 is 14.4 Å². The monoisotopic (exact) mass is 238 g/mol. The Morgan fingerprint density at radius 1 is 1.12 bits per heavy atom. The average molecular weight is 238 g/mol. The Hall–Kier alpha value is -0.820. The van der Waals surface area contributed by atoms with Gasteiger partial charge in [-0.25, -0.2) is 0 Å². The van der Waals surface area contributed by atoms with Crippen molar-refractivity contribution >= 4 is 5.91 Å². The van der Waals surface area contributed by atoms with E-state index in [1.807, 2.05) is 0 Å². The minimum Gasteiger partial charge on any atom is -0.347 e. The van der Waals surface area contributed by atoms with Gasteiger partial charge in [-0.1, -0.05) is 0 Å². The molecule has 92 valence electrons. The molecular weight excluding hydrogens is 226 g/mol. The van der Waals surface area contributed by atoms with Gasteiger partial charge in [0.05, 0.1) is 13.2 Å². The fraction of sp³-hybridized carbons (Fsp3) is 0.889. The van der Waals surface area contributed by atoms with Crippen LogP contribution in [0.2, 0.25) is 0 Å². The van der Waals surface area contributed by atoms with E-state index >= 15 is 0 Å². The first-order valence-corrected chi connectivity index (χ1v) is 5.07. The summed E-state index contributed by atoms with van der Waals surface area (Å²) in [5.41, 5.74) is 0. The number of halogens is 3. The number of alkyl halides is 3. The molecule has 16 heavy (non-hydrogen) atoms. The maximum atomic E-state index is 12.1. The number of nitrogens with zero attached hydrogens (tertiary/aromatic N) is 1. The lowest BCUT2D eigenvalue weighted by molar-refractivity contribution is -0.205. The maximum Gasteiger partial charge on any atom is 0.471 e. The van der Waals surface area contributed by atoms with Gasteiger partial charge in [0, 0.05) is 25.9 Å². The zero-order valence-corrected chi connectivity index (χ0v) is 8.55. The molecule has 1 amide bonds. The van der Waals surface area contributed by atoms with Crippen LogP contribution in [-0.2, 0) is 14.3 Å². The number of carbonyl (C=O) groups is 1. The van der Waals surface area contributed by atoms with E-state index in [1.54, 1.807) is 0 Å². The van der Waals surface area contributed by atoms with Crippen molar-refractivity contribution < 1.29 is 27.4 Å². The number of hydrogen-bond donors (Lipinski definition) is 0. The molecule has 2 rings (SSSR count). The van der Waals surface area contributed by atoms with Crippen molar-refractivity contribution in [3.63, 3.8) is 0 Å². The predicted molar refractivity (Wildman–Crippen MR) is 46.5 cm³/mol. The number of hydrogen-bond acceptors (Lipinski definition) is 3. The summed E-state index contributed by atoms with van der Waals surface area (Å²) in [5.74, 6) is -2.53. The molecule has 2 heterocycles. The largest absolute Gasteiger partial charge is 0.471 e. The third-order valence-electron chi connectivity index (χ3n) is 2.87. The van der Waals surface area contributed by atoms with Crippen LogP contribution in [0.15, 0.2) is 0 Å². The van der Waals surface area contributed by atoms with E-state index in [4.69, 9.17) is 9.47 Å². The molecule has 2 fully saturated rings. The van der Waals surface area contributed by atoms with E-state index in [1.165, 1.54) is 0 Å². The number of likely N-dealkylation sites (tertiary alicyclic amines) is 1. The first-order chi connectivity index (χ1) is 7.43. The molecule has 1 spiro atoms. The van der Waals surface area contributed by atoms with Crippen LogP contribution in [0.4, 0.5) is 13.2 Å². The molecule has 0 atom stereocenters. The minimum atomic E-state index is -4.79. The van der Waals surface area contributed by atoms with Crippen molar-refractivity contribution in [2.75, 3.05) is 26.3 Å². The Morgan fingerprint density at radius 3 is 2.06 bits per heavy atom. The number of carbonyl (C=O) groups excluding carboxylic acids is 1. The van der Waals surface area contributed by atoms with Gasteiger partial charge in [0.15, 0.2) is 5.79 Å². The molecule has 0 aromatic carbocycles. The van der Waals surface area contributed by atoms with Crippen molar-refractivity contribution in [1.29, 1.82) is 0 Å². The van der Waals surface area contributed by atoms with Gasteiger partial charge in [-0.3, -0.25) is 4.79 Å². The zero-order chi connectivity index (χ0) is 11.8. The van der Waals surface area contributed by atoms with Crippen LogP contribution < -0.4 is 0 Å². The van der Waals surface area contributed by atoms with Crippen LogP contribution in [0.5, 0.6) is 0 Å². The highest BCUT2D eigenvalue weighted by atomic mass is 19.3. The second-order valence-electron chi connectivity index (χ2n) is 3.90. The standard InChI is InChI=1S/C9H12F3NO3/c10-9(11,12)7(14)13-3-1-8(2-4-13)15-5-6-16-8/h1-6H2/i10-1. The number of amides is 1. The third kappa shape index (κ3) is 2.15. The second-order valence-corrected chi connectivity index (χ2v) is 3.90. The molecule has 0 radical (unpaired) electrons. The molecule has 0 aromatic rings. The summed E-state index contributed by atoms with van der Waals surface area (Å²) in [6.07, 6.45) is -4.19. The van der Waals surface area contributed by atoms with Crippen LogP contribution in [-0.4, -0.2) is 49.1 Å². The first-order valence-electron chi connectivity index (χ1n) is 5.07. The smallest absolute Gasteiger partial charge is 0.347 e. The molecule has 0 bridgehead atoms. The Kier molecular flexibility index (Phi) is 2.83. The lowest BCUT2D eigenvalue weighted by Gasteiger charge is -2.37. The Labute approximate surface area is 90.3 Å². The molecule has 0 aromatic heterocycles. The van der Waals surface area contributed by atoms with E-state index < -0.39 is 17.9 Å². The third-order valence-corrected chi connectivity index (χ3v) is 2.87. The van der Waals surface area contributed by atoms with Crippen LogP contribution in [0.3, 0.4) is 0 Å². The molecule has 2 aliphatic heterocycles. The summed E-state index contributed by atoms with van der Waals surface area (Å²) < 4.78 is 47.2. The van der Waals surface area contributed by atoms with Crippen molar-refractivity contribution in [3.8, 4) is 0 Å². The number of ether oxygens (including phenoxy) is 2. The molecule has 0 saturated carbocycles. The summed E-state index contributed by atoms with van der Waals surface area (Å²) in [6, 6.07) is 0. The van der Waals surface area contributed by atoms with Crippen LogP contribution in [0, 0.1) is 0 Å². The van der Waals surface area contributed by atoms with Gasteiger partial charge in [-0.05, 0) is 0 Å². The molecule has 2 saturated heterocycles. The van der Waals surface area contributed by atoms with E-state index in [2.05, 4.69) is 0 Å². The summed E-state index contributed by atoms with van der Waals surface area (Å²) in [6.45, 7) is 0.983. The van der Waals surface area contributed by atoms with Crippen LogP contribution >= 0.6 is 0 Å². The maximum absolute atomic E-state index is 12.1. The van der Waals surface area contributed by atoms with Gasteiger partial charge in [0.25, 0.3) is 0 Å². The summed E-state index contributed by atoms with van der Waals surface area (Å²) in [4.78, 5) is 11.7. The van der Waals surface area contributed by atoms with Crippen molar-refractivity contribution in [2.24, 2.45) is 0 Å². The number of rotatable bonds is 0. The fourth-order valence-electron chi connectivity index (χ4n) is 2.02. The molecule has 7 heteroatoms. The Balaban J connectivity index is 1.92. The Morgan fingerprint density at radius 2 is 1.62 bits per heavy atom. The highest BCUT2D eigenvalue weighted by Crippen LogP contribution is 2.32. The highest BCUT2D eigenvalue weighted by Gasteiger charge is 2.47. The van der Waals surface area contributed by atoms with E-state index in [0.717, 1.165) is 4.90 Å². The summed E-state index contributed by atoms with van der Waals surface area (Å²) in [7, 11) is 0. The van der Waals surface area contributed by atoms with Gasteiger partial charge in [-0.15, -0.1) is 0 Å². The van der Waals surface area contributed by atoms with Crippen molar-refractivity contribution in [1.82, 2.24) is 4.90 Å². The van der Waals surface area contributed by atoms with Gasteiger partial charge in [0.2, 0.25) is 0 Å². The van der Waals surface area contributed by atoms with Crippen LogP contribution in [0.25, 0.3) is 0 Å². The van der Waals surface area contributed by atoms with Crippen LogP contribution in [0.1, 0.15) is 12.8 Å². The highest BCUT2D eigenvalue weighted by molar-refractivity contribution is 5.81. The lowest BCUT2D eigenvalue weighted by atomic mass is 10.0. The normalized spacial score (nSPS) is 25.1. The first kappa shape index (κ1) is 11.7. The molecule has 4 nitrogen and oxygen atoms in total. The average Bonchev–Trinajstić information content (AvgIpc) is 2.66. The SMILES string of the molecule is O=C(N1CCC2(CC1)OCCO2)C(F)(F)[18F]. The summed E-state index contributed by atoms with van der Waals surface area (Å²) >= 11 is 0. The second kappa shape index (κ2) is 3.89. The van der Waals surface area contributed by atoms with Gasteiger partial charge in [-0.2, -0.15) is 13.2 Å². The van der Waals surface area contributed by atoms with Crippen molar-refractivity contribution in [3.05, 3.63) is 0 Å². The molecule has 2 aliphatic rings. The zero-order valence-electron chi connectivity index (χ0n) is 8.55. The molecule has 0 unspecified atom stereocenters. The van der Waals surface area contributed by atoms with Gasteiger partial charge in [0.1, 0.15) is 0 Å². The molecule has 0 N–H and O–H groups in total. The minimum absolute atomic E-state index is 0.0261. The molecular formula is C9H12F3NO3. The van der Waals surface area contributed by atoms with E-state index in [-0.39, 0.29) is 13.1 Å². The van der Waals surface area contributed by atoms with Crippen molar-refractivity contribution in [2.45, 2.75) is 24.8 Å². The van der Waals surface area contributed by atoms with Gasteiger partial charge >= 0.3 is 12.1 Å². The fourth-order valence-corrected chi connectivity index (χ4v) is 2.02.